The van der Waals surface area contributed by atoms with Crippen LogP contribution in [0.5, 0.6) is 0 Å². The van der Waals surface area contributed by atoms with Gasteiger partial charge in [-0.3, -0.25) is 14.9 Å². The molecule has 0 aliphatic heterocycles. The number of carbonyl (C=O) groups excluding carboxylic acids is 3. The largest absolute Gasteiger partial charge is 0.451 e. The van der Waals surface area contributed by atoms with Crippen molar-refractivity contribution >= 4 is 28.7 Å². The smallest absolute Gasteiger partial charge is 0.359 e. The van der Waals surface area contributed by atoms with Gasteiger partial charge in [-0.15, -0.1) is 0 Å². The summed E-state index contributed by atoms with van der Waals surface area (Å²) >= 11 is 0. The van der Waals surface area contributed by atoms with Gasteiger partial charge in [-0.05, 0) is 26.3 Å². The van der Waals surface area contributed by atoms with Gasteiger partial charge in [-0.25, -0.2) is 14.3 Å². The Kier molecular flexibility index (Phi) is 8.52. The molecule has 0 unspecified atom stereocenters. The van der Waals surface area contributed by atoms with E-state index in [1.807, 2.05) is 0 Å². The molecule has 3 amide bonds. The normalized spacial score (nSPS) is 10.8. The molecule has 30 heavy (non-hydrogen) atoms. The van der Waals surface area contributed by atoms with Crippen molar-refractivity contribution in [2.75, 3.05) is 6.61 Å². The summed E-state index contributed by atoms with van der Waals surface area (Å²) in [5.41, 5.74) is -0.318. The Balaban J connectivity index is 2.15. The summed E-state index contributed by atoms with van der Waals surface area (Å²) < 4.78 is 6.30. The maximum Gasteiger partial charge on any atom is 0.359 e. The zero-order valence-electron chi connectivity index (χ0n) is 17.6. The van der Waals surface area contributed by atoms with Gasteiger partial charge in [0.1, 0.15) is 0 Å². The Labute approximate surface area is 174 Å². The van der Waals surface area contributed by atoms with Crippen molar-refractivity contribution in [3.63, 3.8) is 0 Å². The Morgan fingerprint density at radius 1 is 1.10 bits per heavy atom. The van der Waals surface area contributed by atoms with Gasteiger partial charge < -0.3 is 10.1 Å². The third-order valence-corrected chi connectivity index (χ3v) is 4.29. The second-order valence-electron chi connectivity index (χ2n) is 7.24. The summed E-state index contributed by atoms with van der Waals surface area (Å²) in [4.78, 5) is 48.6. The lowest BCUT2D eigenvalue weighted by Crippen LogP contribution is -2.44. The van der Waals surface area contributed by atoms with Crippen molar-refractivity contribution in [2.24, 2.45) is 0 Å². The Morgan fingerprint density at radius 3 is 2.47 bits per heavy atom. The van der Waals surface area contributed by atoms with Gasteiger partial charge >= 0.3 is 12.0 Å². The van der Waals surface area contributed by atoms with Crippen LogP contribution >= 0.6 is 0 Å². The Hall–Kier alpha value is -3.23. The summed E-state index contributed by atoms with van der Waals surface area (Å²) in [6.45, 7) is 5.34. The molecule has 1 heterocycles. The highest BCUT2D eigenvalue weighted by molar-refractivity contribution is 6.03. The highest BCUT2D eigenvalue weighted by atomic mass is 16.5. The van der Waals surface area contributed by atoms with E-state index in [-0.39, 0.29) is 17.3 Å². The van der Waals surface area contributed by atoms with E-state index >= 15 is 0 Å². The van der Waals surface area contributed by atoms with E-state index in [0.717, 1.165) is 25.7 Å². The molecule has 1 aromatic carbocycles. The van der Waals surface area contributed by atoms with Crippen LogP contribution in [0.15, 0.2) is 29.1 Å². The second-order valence-corrected chi connectivity index (χ2v) is 7.24. The summed E-state index contributed by atoms with van der Waals surface area (Å²) in [5.74, 6) is -1.60. The van der Waals surface area contributed by atoms with Crippen molar-refractivity contribution in [1.29, 1.82) is 0 Å². The fourth-order valence-electron chi connectivity index (χ4n) is 2.89. The zero-order valence-corrected chi connectivity index (χ0v) is 17.6. The minimum absolute atomic E-state index is 0.0416. The number of unbranched alkanes of at least 4 members (excludes halogenated alkanes) is 3. The minimum atomic E-state index is -0.840. The number of carbonyl (C=O) groups is 3. The monoisotopic (exact) mass is 416 g/mol. The van der Waals surface area contributed by atoms with Gasteiger partial charge in [0.15, 0.2) is 12.3 Å². The third kappa shape index (κ3) is 6.40. The molecular formula is C21H28N4O5. The van der Waals surface area contributed by atoms with Crippen molar-refractivity contribution in [1.82, 2.24) is 20.4 Å². The Bertz CT molecular complexity index is 968. The van der Waals surface area contributed by atoms with Gasteiger partial charge in [0.2, 0.25) is 0 Å². The predicted molar refractivity (Wildman–Crippen MR) is 112 cm³/mol. The number of fused-ring (bicyclic) bond motifs is 1. The average Bonchev–Trinajstić information content (AvgIpc) is 2.70. The Morgan fingerprint density at radius 2 is 1.80 bits per heavy atom. The van der Waals surface area contributed by atoms with Crippen LogP contribution in [0.4, 0.5) is 4.79 Å². The van der Waals surface area contributed by atoms with Crippen molar-refractivity contribution < 1.29 is 19.1 Å². The molecule has 0 aliphatic rings. The molecule has 2 N–H and O–H groups in total. The number of ether oxygens (including phenoxy) is 1. The highest BCUT2D eigenvalue weighted by Crippen LogP contribution is 2.14. The number of esters is 1. The summed E-state index contributed by atoms with van der Waals surface area (Å²) in [6, 6.07) is 5.82. The van der Waals surface area contributed by atoms with Gasteiger partial charge in [-0.1, -0.05) is 44.4 Å². The molecule has 0 bridgehead atoms. The van der Waals surface area contributed by atoms with Crippen LogP contribution in [-0.4, -0.2) is 40.3 Å². The van der Waals surface area contributed by atoms with Crippen molar-refractivity contribution in [3.8, 4) is 0 Å². The first-order chi connectivity index (χ1) is 14.3. The number of imide groups is 1. The van der Waals surface area contributed by atoms with Crippen molar-refractivity contribution in [3.05, 3.63) is 40.3 Å². The first-order valence-electron chi connectivity index (χ1n) is 10.1. The SMILES string of the molecule is CCCCCCn1nc(C(=O)OCC(=O)NC(=O)NC(C)C)c2ccccc2c1=O. The zero-order chi connectivity index (χ0) is 22.1. The molecule has 0 atom stereocenters. The van der Waals surface area contributed by atoms with Crippen molar-refractivity contribution in [2.45, 2.75) is 59.0 Å². The highest BCUT2D eigenvalue weighted by Gasteiger charge is 2.19. The van der Waals surface area contributed by atoms with Gasteiger partial charge in [0.05, 0.1) is 5.39 Å². The molecule has 0 spiro atoms. The van der Waals surface area contributed by atoms with E-state index in [1.165, 1.54) is 4.68 Å². The van der Waals surface area contributed by atoms with E-state index in [0.29, 0.717) is 17.3 Å². The lowest BCUT2D eigenvalue weighted by molar-refractivity contribution is -0.123. The van der Waals surface area contributed by atoms with Gasteiger partial charge in [-0.2, -0.15) is 5.10 Å². The maximum absolute atomic E-state index is 12.7. The van der Waals surface area contributed by atoms with Crippen LogP contribution in [0.2, 0.25) is 0 Å². The van der Waals surface area contributed by atoms with E-state index in [4.69, 9.17) is 4.74 Å². The molecule has 9 heteroatoms. The number of aryl methyl sites for hydroxylation is 1. The van der Waals surface area contributed by atoms with Crippen LogP contribution in [-0.2, 0) is 16.1 Å². The van der Waals surface area contributed by atoms with Crippen LogP contribution in [0.25, 0.3) is 10.8 Å². The number of amides is 3. The summed E-state index contributed by atoms with van der Waals surface area (Å²) in [7, 11) is 0. The molecule has 0 aliphatic carbocycles. The van der Waals surface area contributed by atoms with Gasteiger partial charge in [0, 0.05) is 18.0 Å². The van der Waals surface area contributed by atoms with Crippen LogP contribution in [0.1, 0.15) is 56.9 Å². The first kappa shape index (κ1) is 23.1. The number of nitrogens with one attached hydrogen (secondary N) is 2. The summed E-state index contributed by atoms with van der Waals surface area (Å²) in [6.07, 6.45) is 3.84. The molecule has 162 valence electrons. The molecule has 9 nitrogen and oxygen atoms in total. The number of urea groups is 1. The number of aromatic nitrogens is 2. The number of nitrogens with zero attached hydrogens (tertiary/aromatic N) is 2. The molecular weight excluding hydrogens is 388 g/mol. The van der Waals surface area contributed by atoms with E-state index in [2.05, 4.69) is 22.7 Å². The first-order valence-corrected chi connectivity index (χ1v) is 10.1. The minimum Gasteiger partial charge on any atom is -0.451 e. The molecule has 0 saturated heterocycles. The molecule has 0 radical (unpaired) electrons. The standard InChI is InChI=1S/C21H28N4O5/c1-4-5-6-9-12-25-19(27)16-11-8-7-10-15(16)18(24-25)20(28)30-13-17(26)23-21(29)22-14(2)3/h7-8,10-11,14H,4-6,9,12-13H2,1-3H3,(H2,22,23,26,29). The number of benzene rings is 1. The average molecular weight is 416 g/mol. The predicted octanol–water partition coefficient (Wildman–Crippen LogP) is 2.37. The fourth-order valence-corrected chi connectivity index (χ4v) is 2.89. The molecule has 0 fully saturated rings. The fraction of sp³-hybridized carbons (Fsp3) is 0.476. The maximum atomic E-state index is 12.7. The molecule has 2 aromatic rings. The number of hydrogen-bond acceptors (Lipinski definition) is 6. The van der Waals surface area contributed by atoms with Crippen LogP contribution in [0, 0.1) is 0 Å². The lowest BCUT2D eigenvalue weighted by atomic mass is 10.1. The topological polar surface area (TPSA) is 119 Å². The van der Waals surface area contributed by atoms with Gasteiger partial charge in [0.25, 0.3) is 11.5 Å². The number of hydrogen-bond donors (Lipinski definition) is 2. The molecule has 1 aromatic heterocycles. The lowest BCUT2D eigenvalue weighted by Gasteiger charge is -2.11. The quantitative estimate of drug-likeness (QED) is 0.478. The van der Waals surface area contributed by atoms with Crippen LogP contribution in [0.3, 0.4) is 0 Å². The van der Waals surface area contributed by atoms with E-state index in [9.17, 15) is 19.2 Å². The summed E-state index contributed by atoms with van der Waals surface area (Å²) in [5, 5.41) is 9.48. The second kappa shape index (κ2) is 11.1. The van der Waals surface area contributed by atoms with E-state index in [1.54, 1.807) is 38.1 Å². The third-order valence-electron chi connectivity index (χ3n) is 4.29. The number of rotatable bonds is 9. The van der Waals surface area contributed by atoms with Crippen LogP contribution < -0.4 is 16.2 Å². The van der Waals surface area contributed by atoms with E-state index < -0.39 is 24.5 Å². The molecule has 0 saturated carbocycles. The molecule has 2 rings (SSSR count).